The second-order valence-electron chi connectivity index (χ2n) is 9.12. The normalized spacial score (nSPS) is 20.3. The molecule has 1 amide bonds. The van der Waals surface area contributed by atoms with Gasteiger partial charge in [0.2, 0.25) is 0 Å². The van der Waals surface area contributed by atoms with Crippen molar-refractivity contribution >= 4 is 23.2 Å². The Hall–Kier alpha value is -3.03. The first kappa shape index (κ1) is 22.7. The lowest BCUT2D eigenvalue weighted by Gasteiger charge is -2.40. The van der Waals surface area contributed by atoms with Gasteiger partial charge in [-0.2, -0.15) is 0 Å². The molecule has 1 spiro atoms. The van der Waals surface area contributed by atoms with E-state index in [1.165, 1.54) is 18.3 Å². The molecule has 5 rings (SSSR count). The number of nitrogens with one attached hydrogen (secondary N) is 2. The van der Waals surface area contributed by atoms with E-state index in [2.05, 4.69) is 20.5 Å². The third-order valence-corrected chi connectivity index (χ3v) is 7.04. The van der Waals surface area contributed by atoms with Gasteiger partial charge >= 0.3 is 0 Å². The Kier molecular flexibility index (Phi) is 6.00. The summed E-state index contributed by atoms with van der Waals surface area (Å²) in [6, 6.07) is 10.4. The highest BCUT2D eigenvalue weighted by atomic mass is 35.5. The van der Waals surface area contributed by atoms with Gasteiger partial charge in [-0.15, -0.1) is 0 Å². The van der Waals surface area contributed by atoms with Crippen LogP contribution in [0.5, 0.6) is 0 Å². The molecule has 0 aliphatic carbocycles. The summed E-state index contributed by atoms with van der Waals surface area (Å²) in [5, 5.41) is 7.13. The number of halogens is 3. The van der Waals surface area contributed by atoms with Crippen LogP contribution in [0.25, 0.3) is 11.1 Å². The van der Waals surface area contributed by atoms with Gasteiger partial charge in [0, 0.05) is 47.7 Å². The highest BCUT2D eigenvalue weighted by Crippen LogP contribution is 2.40. The zero-order chi connectivity index (χ0) is 23.9. The molecule has 2 fully saturated rings. The molecular formula is C26H25ClF2N4O. The number of carbonyl (C=O) groups excluding carboxylic acids is 1. The van der Waals surface area contributed by atoms with E-state index in [1.807, 2.05) is 25.1 Å². The van der Waals surface area contributed by atoms with Crippen LogP contribution in [0.4, 0.5) is 14.5 Å². The molecule has 2 aliphatic heterocycles. The summed E-state index contributed by atoms with van der Waals surface area (Å²) in [4.78, 5) is 19.9. The Morgan fingerprint density at radius 2 is 1.94 bits per heavy atom. The quantitative estimate of drug-likeness (QED) is 0.530. The van der Waals surface area contributed by atoms with E-state index in [0.29, 0.717) is 33.9 Å². The van der Waals surface area contributed by atoms with Gasteiger partial charge in [-0.1, -0.05) is 23.7 Å². The molecule has 0 saturated carbocycles. The van der Waals surface area contributed by atoms with Gasteiger partial charge in [0.05, 0.1) is 17.3 Å². The van der Waals surface area contributed by atoms with Crippen molar-refractivity contribution in [3.63, 3.8) is 0 Å². The van der Waals surface area contributed by atoms with Crippen LogP contribution < -0.4 is 15.5 Å². The van der Waals surface area contributed by atoms with Crippen molar-refractivity contribution in [2.24, 2.45) is 0 Å². The monoisotopic (exact) mass is 482 g/mol. The largest absolute Gasteiger partial charge is 0.368 e. The lowest BCUT2D eigenvalue weighted by molar-refractivity contribution is 0.0940. The maximum Gasteiger partial charge on any atom is 0.255 e. The standard InChI is InChI=1S/C26H25ClF2N4O/c1-16(17-3-2-4-19(27)9-17)32-25(34)23-14-30-13-22(18-10-20(28)12-21(29)11-18)24(23)33-8-6-26(15-33)5-7-31-26/h2-4,9-14,16,31H,5-8,15H2,1H3,(H,32,34)/t16-,26?/m1/s1. The first-order valence-electron chi connectivity index (χ1n) is 11.3. The minimum absolute atomic E-state index is 0.0234. The van der Waals surface area contributed by atoms with Gasteiger partial charge in [-0.25, -0.2) is 8.78 Å². The molecule has 2 N–H and O–H groups in total. The molecule has 8 heteroatoms. The number of aromatic nitrogens is 1. The van der Waals surface area contributed by atoms with Gasteiger partial charge in [-0.05, 0) is 61.7 Å². The van der Waals surface area contributed by atoms with Crippen molar-refractivity contribution in [1.29, 1.82) is 0 Å². The first-order chi connectivity index (χ1) is 16.3. The maximum absolute atomic E-state index is 14.1. The van der Waals surface area contributed by atoms with E-state index in [1.54, 1.807) is 12.3 Å². The average molecular weight is 483 g/mol. The fourth-order valence-electron chi connectivity index (χ4n) is 4.91. The number of benzene rings is 2. The first-order valence-corrected chi connectivity index (χ1v) is 11.7. The number of anilines is 1. The number of amides is 1. The molecule has 2 saturated heterocycles. The molecule has 3 heterocycles. The highest BCUT2D eigenvalue weighted by Gasteiger charge is 2.43. The molecule has 1 unspecified atom stereocenters. The average Bonchev–Trinajstić information content (AvgIpc) is 3.24. The second-order valence-corrected chi connectivity index (χ2v) is 9.56. The molecule has 3 aromatic rings. The van der Waals surface area contributed by atoms with Crippen molar-refractivity contribution in [2.45, 2.75) is 31.3 Å². The zero-order valence-electron chi connectivity index (χ0n) is 18.7. The zero-order valence-corrected chi connectivity index (χ0v) is 19.5. The number of rotatable bonds is 5. The lowest BCUT2D eigenvalue weighted by Crippen LogP contribution is -2.58. The third-order valence-electron chi connectivity index (χ3n) is 6.81. The summed E-state index contributed by atoms with van der Waals surface area (Å²) in [5.41, 5.74) is 2.78. The predicted octanol–water partition coefficient (Wildman–Crippen LogP) is 5.11. The summed E-state index contributed by atoms with van der Waals surface area (Å²) in [7, 11) is 0. The van der Waals surface area contributed by atoms with E-state index in [9.17, 15) is 13.6 Å². The van der Waals surface area contributed by atoms with Gasteiger partial charge in [0.1, 0.15) is 11.6 Å². The topological polar surface area (TPSA) is 57.3 Å². The molecule has 1 aromatic heterocycles. The minimum atomic E-state index is -0.677. The minimum Gasteiger partial charge on any atom is -0.368 e. The number of pyridine rings is 1. The van der Waals surface area contributed by atoms with Crippen LogP contribution in [0, 0.1) is 11.6 Å². The van der Waals surface area contributed by atoms with Crippen LogP contribution in [0.3, 0.4) is 0 Å². The summed E-state index contributed by atoms with van der Waals surface area (Å²) >= 11 is 6.12. The Morgan fingerprint density at radius 3 is 2.59 bits per heavy atom. The van der Waals surface area contributed by atoms with Crippen LogP contribution in [0.1, 0.15) is 41.7 Å². The van der Waals surface area contributed by atoms with E-state index < -0.39 is 11.6 Å². The van der Waals surface area contributed by atoms with Gasteiger partial charge in [0.25, 0.3) is 5.91 Å². The van der Waals surface area contributed by atoms with Crippen molar-refractivity contribution in [2.75, 3.05) is 24.5 Å². The fraction of sp³-hybridized carbons (Fsp3) is 0.308. The van der Waals surface area contributed by atoms with E-state index in [0.717, 1.165) is 37.6 Å². The smallest absolute Gasteiger partial charge is 0.255 e. The third kappa shape index (κ3) is 4.38. The molecule has 34 heavy (non-hydrogen) atoms. The molecule has 2 aromatic carbocycles. The van der Waals surface area contributed by atoms with E-state index >= 15 is 0 Å². The van der Waals surface area contributed by atoms with Crippen molar-refractivity contribution in [1.82, 2.24) is 15.6 Å². The van der Waals surface area contributed by atoms with Crippen LogP contribution in [0.15, 0.2) is 54.9 Å². The van der Waals surface area contributed by atoms with E-state index in [4.69, 9.17) is 11.6 Å². The fourth-order valence-corrected chi connectivity index (χ4v) is 5.10. The Balaban J connectivity index is 1.54. The Bertz CT molecular complexity index is 1230. The molecule has 5 nitrogen and oxygen atoms in total. The summed E-state index contributed by atoms with van der Waals surface area (Å²) < 4.78 is 28.2. The van der Waals surface area contributed by atoms with Gasteiger partial charge in [0.15, 0.2) is 0 Å². The number of hydrogen-bond donors (Lipinski definition) is 2. The Labute approximate surface area is 202 Å². The summed E-state index contributed by atoms with van der Waals surface area (Å²) in [6.45, 7) is 4.29. The molecular weight excluding hydrogens is 458 g/mol. The van der Waals surface area contributed by atoms with Crippen molar-refractivity contribution in [3.8, 4) is 11.1 Å². The number of hydrogen-bond acceptors (Lipinski definition) is 4. The van der Waals surface area contributed by atoms with E-state index in [-0.39, 0.29) is 17.5 Å². The van der Waals surface area contributed by atoms with Crippen LogP contribution in [0.2, 0.25) is 5.02 Å². The molecule has 2 aliphatic rings. The van der Waals surface area contributed by atoms with Crippen LogP contribution in [-0.2, 0) is 0 Å². The van der Waals surface area contributed by atoms with Crippen LogP contribution >= 0.6 is 11.6 Å². The maximum atomic E-state index is 14.1. The van der Waals surface area contributed by atoms with Crippen molar-refractivity contribution in [3.05, 3.63) is 82.6 Å². The SMILES string of the molecule is C[C@@H](NC(=O)c1cncc(-c2cc(F)cc(F)c2)c1N1CCC2(CCN2)C1)c1cccc(Cl)c1. The summed E-state index contributed by atoms with van der Waals surface area (Å²) in [6.07, 6.45) is 5.09. The lowest BCUT2D eigenvalue weighted by atomic mass is 9.87. The molecule has 176 valence electrons. The molecule has 0 bridgehead atoms. The second kappa shape index (κ2) is 8.96. The predicted molar refractivity (Wildman–Crippen MR) is 129 cm³/mol. The number of carbonyl (C=O) groups is 1. The summed E-state index contributed by atoms with van der Waals surface area (Å²) in [5.74, 6) is -1.66. The van der Waals surface area contributed by atoms with Crippen LogP contribution in [-0.4, -0.2) is 36.1 Å². The van der Waals surface area contributed by atoms with Gasteiger partial charge < -0.3 is 15.5 Å². The number of nitrogens with zero attached hydrogens (tertiary/aromatic N) is 2. The highest BCUT2D eigenvalue weighted by molar-refractivity contribution is 6.30. The Morgan fingerprint density at radius 1 is 1.18 bits per heavy atom. The molecule has 2 atom stereocenters. The van der Waals surface area contributed by atoms with Gasteiger partial charge in [-0.3, -0.25) is 9.78 Å². The molecule has 0 radical (unpaired) electrons. The van der Waals surface area contributed by atoms with Crippen molar-refractivity contribution < 1.29 is 13.6 Å².